The predicted octanol–water partition coefficient (Wildman–Crippen LogP) is 4.12. The van der Waals surface area contributed by atoms with Crippen molar-refractivity contribution in [3.05, 3.63) is 29.8 Å². The molecule has 0 radical (unpaired) electrons. The fraction of sp³-hybridized carbons (Fsp3) is 0.650. The SMILES string of the molecule is CC(=O)C(N)CCCCN.CCC(Cc1ccc(OC(F)(F)F)cc1)B(O)O.CCl.CCl. The van der Waals surface area contributed by atoms with Gasteiger partial charge >= 0.3 is 13.5 Å². The molecule has 1 rings (SSSR count). The van der Waals surface area contributed by atoms with Gasteiger partial charge in [-0.25, -0.2) is 0 Å². The molecule has 1 aromatic rings. The van der Waals surface area contributed by atoms with Crippen LogP contribution in [0, 0.1) is 0 Å². The molecule has 12 heteroatoms. The molecule has 0 aliphatic carbocycles. The van der Waals surface area contributed by atoms with Gasteiger partial charge in [0.25, 0.3) is 0 Å². The first-order valence-electron chi connectivity index (χ1n) is 9.92. The molecule has 0 amide bonds. The topological polar surface area (TPSA) is 119 Å². The number of unbranched alkanes of at least 4 members (excludes halogenated alkanes) is 1. The van der Waals surface area contributed by atoms with Gasteiger partial charge in [0, 0.05) is 12.8 Å². The van der Waals surface area contributed by atoms with Crippen molar-refractivity contribution in [2.75, 3.05) is 19.3 Å². The van der Waals surface area contributed by atoms with E-state index in [4.69, 9.17) is 21.5 Å². The van der Waals surface area contributed by atoms with Gasteiger partial charge in [-0.3, -0.25) is 4.79 Å². The van der Waals surface area contributed by atoms with Crippen molar-refractivity contribution in [3.63, 3.8) is 0 Å². The molecule has 0 fully saturated rings. The zero-order chi connectivity index (χ0) is 25.7. The van der Waals surface area contributed by atoms with Gasteiger partial charge in [-0.2, -0.15) is 0 Å². The zero-order valence-electron chi connectivity index (χ0n) is 19.0. The molecule has 0 saturated heterocycles. The van der Waals surface area contributed by atoms with Crippen molar-refractivity contribution in [2.45, 2.75) is 64.2 Å². The number of carbonyl (C=O) groups is 1. The first-order chi connectivity index (χ1) is 15.0. The van der Waals surface area contributed by atoms with Crippen LogP contribution in [0.1, 0.15) is 45.1 Å². The second kappa shape index (κ2) is 21.8. The van der Waals surface area contributed by atoms with E-state index in [9.17, 15) is 18.0 Å². The third-order valence-corrected chi connectivity index (χ3v) is 4.09. The van der Waals surface area contributed by atoms with Crippen LogP contribution in [0.4, 0.5) is 13.2 Å². The van der Waals surface area contributed by atoms with Crippen LogP contribution in [0.2, 0.25) is 5.82 Å². The molecule has 188 valence electrons. The van der Waals surface area contributed by atoms with Crippen molar-refractivity contribution in [1.29, 1.82) is 0 Å². The van der Waals surface area contributed by atoms with Crippen molar-refractivity contribution in [3.8, 4) is 5.75 Å². The van der Waals surface area contributed by atoms with Gasteiger partial charge in [-0.05, 0) is 56.2 Å². The summed E-state index contributed by atoms with van der Waals surface area (Å²) < 4.78 is 39.5. The average molecular weight is 507 g/mol. The fourth-order valence-electron chi connectivity index (χ4n) is 2.30. The summed E-state index contributed by atoms with van der Waals surface area (Å²) in [7, 11) is -1.43. The van der Waals surface area contributed by atoms with Crippen LogP contribution in [0.25, 0.3) is 0 Å². The highest BCUT2D eigenvalue weighted by Crippen LogP contribution is 2.25. The molecule has 0 bridgehead atoms. The molecular weight excluding hydrogens is 471 g/mol. The normalized spacial score (nSPS) is 11.9. The molecule has 0 heterocycles. The number of benzene rings is 1. The Labute approximate surface area is 199 Å². The summed E-state index contributed by atoms with van der Waals surface area (Å²) in [6.45, 7) is 4.02. The summed E-state index contributed by atoms with van der Waals surface area (Å²) in [5.41, 5.74) is 11.5. The lowest BCUT2D eigenvalue weighted by Crippen LogP contribution is -2.28. The number of hydrogen-bond acceptors (Lipinski definition) is 6. The summed E-state index contributed by atoms with van der Waals surface area (Å²) in [6.07, 6.45) is 1.89. The maximum Gasteiger partial charge on any atom is 0.573 e. The molecule has 6 nitrogen and oxygen atoms in total. The molecule has 32 heavy (non-hydrogen) atoms. The van der Waals surface area contributed by atoms with Crippen molar-refractivity contribution in [2.24, 2.45) is 11.5 Å². The second-order valence-corrected chi connectivity index (χ2v) is 6.48. The summed E-state index contributed by atoms with van der Waals surface area (Å²) >= 11 is 9.28. The Morgan fingerprint density at radius 3 is 1.97 bits per heavy atom. The Bertz CT molecular complexity index is 569. The van der Waals surface area contributed by atoms with Gasteiger partial charge in [-0.1, -0.05) is 31.9 Å². The molecule has 0 aliphatic heterocycles. The Morgan fingerprint density at radius 2 is 1.62 bits per heavy atom. The van der Waals surface area contributed by atoms with E-state index < -0.39 is 13.5 Å². The summed E-state index contributed by atoms with van der Waals surface area (Å²) in [5, 5.41) is 18.1. The van der Waals surface area contributed by atoms with Crippen LogP contribution in [-0.2, 0) is 11.2 Å². The molecule has 1 aromatic carbocycles. The minimum atomic E-state index is -4.70. The van der Waals surface area contributed by atoms with Crippen LogP contribution in [0.5, 0.6) is 5.75 Å². The Balaban J connectivity index is -0.000000511. The van der Waals surface area contributed by atoms with Gasteiger partial charge in [0.15, 0.2) is 0 Å². The minimum absolute atomic E-state index is 0.0667. The van der Waals surface area contributed by atoms with E-state index in [2.05, 4.69) is 27.9 Å². The summed E-state index contributed by atoms with van der Waals surface area (Å²) in [4.78, 5) is 10.6. The van der Waals surface area contributed by atoms with Gasteiger partial charge in [0.1, 0.15) is 11.5 Å². The average Bonchev–Trinajstić information content (AvgIpc) is 2.75. The second-order valence-electron chi connectivity index (χ2n) is 6.48. The first kappa shape index (κ1) is 35.6. The zero-order valence-corrected chi connectivity index (χ0v) is 20.6. The van der Waals surface area contributed by atoms with E-state index in [0.29, 0.717) is 19.4 Å². The lowest BCUT2D eigenvalue weighted by molar-refractivity contribution is -0.274. The van der Waals surface area contributed by atoms with Crippen molar-refractivity contribution < 1.29 is 32.8 Å². The maximum atomic E-state index is 11.9. The van der Waals surface area contributed by atoms with Crippen molar-refractivity contribution in [1.82, 2.24) is 0 Å². The van der Waals surface area contributed by atoms with Gasteiger partial charge < -0.3 is 26.3 Å². The van der Waals surface area contributed by atoms with Crippen molar-refractivity contribution >= 4 is 36.1 Å². The lowest BCUT2D eigenvalue weighted by atomic mass is 9.68. The van der Waals surface area contributed by atoms with Crippen LogP contribution >= 0.6 is 23.2 Å². The van der Waals surface area contributed by atoms with Crippen LogP contribution < -0.4 is 16.2 Å². The highest BCUT2D eigenvalue weighted by Gasteiger charge is 2.31. The number of hydrogen-bond donors (Lipinski definition) is 4. The molecule has 0 saturated carbocycles. The van der Waals surface area contributed by atoms with Gasteiger partial charge in [-0.15, -0.1) is 36.4 Å². The number of alkyl halides is 5. The summed E-state index contributed by atoms with van der Waals surface area (Å²) in [6, 6.07) is 5.10. The van der Waals surface area contributed by atoms with E-state index >= 15 is 0 Å². The van der Waals surface area contributed by atoms with Gasteiger partial charge in [0.2, 0.25) is 0 Å². The Hall–Kier alpha value is -1.04. The fourth-order valence-corrected chi connectivity index (χ4v) is 2.30. The lowest BCUT2D eigenvalue weighted by Gasteiger charge is -2.14. The van der Waals surface area contributed by atoms with E-state index in [0.717, 1.165) is 24.8 Å². The number of ketones is 1. The third-order valence-electron chi connectivity index (χ3n) is 4.09. The number of nitrogens with two attached hydrogens (primary N) is 2. The Morgan fingerprint density at radius 1 is 1.12 bits per heavy atom. The highest BCUT2D eigenvalue weighted by molar-refractivity contribution is 6.43. The highest BCUT2D eigenvalue weighted by atomic mass is 35.5. The number of ether oxygens (including phenoxy) is 1. The Kier molecular flexibility index (Phi) is 24.2. The largest absolute Gasteiger partial charge is 0.573 e. The summed E-state index contributed by atoms with van der Waals surface area (Å²) in [5.74, 6) is -0.555. The first-order valence-corrected chi connectivity index (χ1v) is 11.4. The third kappa shape index (κ3) is 20.8. The van der Waals surface area contributed by atoms with Gasteiger partial charge in [0.05, 0.1) is 6.04 Å². The molecule has 0 aliphatic rings. The maximum absolute atomic E-state index is 11.9. The molecular formula is C20H36BCl2F3N2O4. The molecule has 0 spiro atoms. The van der Waals surface area contributed by atoms with E-state index in [1.165, 1.54) is 44.0 Å². The predicted molar refractivity (Wildman–Crippen MR) is 126 cm³/mol. The van der Waals surface area contributed by atoms with Crippen LogP contribution in [-0.4, -0.2) is 54.7 Å². The number of rotatable bonds is 10. The standard InChI is InChI=1S/C11H14BF3O3.C7H16N2O.2CH3Cl/c1-2-9(12(16)17)7-8-3-5-10(6-4-8)18-11(13,14)15;1-6(10)7(9)4-2-3-5-8;2*1-2/h3-6,9,16-17H,2,7H2,1H3;7H,2-5,8-9H2,1H3;2*1H3. The quantitative estimate of drug-likeness (QED) is 0.215. The van der Waals surface area contributed by atoms with E-state index in [1.807, 2.05) is 6.92 Å². The molecule has 2 atom stereocenters. The van der Waals surface area contributed by atoms with E-state index in [1.54, 1.807) is 0 Å². The number of Topliss-reactive ketones (excluding diaryl/α,β-unsaturated/α-hetero) is 1. The smallest absolute Gasteiger partial charge is 0.427 e. The van der Waals surface area contributed by atoms with Crippen LogP contribution in [0.15, 0.2) is 24.3 Å². The monoisotopic (exact) mass is 506 g/mol. The number of halogens is 5. The van der Waals surface area contributed by atoms with Crippen LogP contribution in [0.3, 0.4) is 0 Å². The number of carbonyl (C=O) groups excluding carboxylic acids is 1. The minimum Gasteiger partial charge on any atom is -0.427 e. The van der Waals surface area contributed by atoms with E-state index in [-0.39, 0.29) is 23.4 Å². The molecule has 0 aromatic heterocycles. The molecule has 6 N–H and O–H groups in total. The molecule has 2 unspecified atom stereocenters.